The summed E-state index contributed by atoms with van der Waals surface area (Å²) < 4.78 is 0. The second-order valence-electron chi connectivity index (χ2n) is 5.64. The third kappa shape index (κ3) is 6.39. The Labute approximate surface area is 126 Å². The van der Waals surface area contributed by atoms with Crippen molar-refractivity contribution in [3.8, 4) is 6.07 Å². The fourth-order valence-electron chi connectivity index (χ4n) is 2.06. The van der Waals surface area contributed by atoms with Crippen molar-refractivity contribution in [2.75, 3.05) is 25.0 Å². The molecule has 0 atom stereocenters. The number of benzene rings is 1. The zero-order valence-corrected chi connectivity index (χ0v) is 12.9. The molecule has 21 heavy (non-hydrogen) atoms. The van der Waals surface area contributed by atoms with E-state index >= 15 is 0 Å². The lowest BCUT2D eigenvalue weighted by Gasteiger charge is -2.27. The second kappa shape index (κ2) is 7.77. The largest absolute Gasteiger partial charge is 0.389 e. The van der Waals surface area contributed by atoms with E-state index in [4.69, 9.17) is 5.26 Å². The third-order valence-electron chi connectivity index (χ3n) is 3.03. The van der Waals surface area contributed by atoms with Crippen LogP contribution in [0.5, 0.6) is 0 Å². The van der Waals surface area contributed by atoms with Crippen molar-refractivity contribution in [3.05, 3.63) is 29.8 Å². The molecule has 0 aliphatic carbocycles. The number of nitrogens with zero attached hydrogens (tertiary/aromatic N) is 2. The Hall–Kier alpha value is -1.90. The Kier molecular flexibility index (Phi) is 6.35. The van der Waals surface area contributed by atoms with Crippen LogP contribution in [0.4, 0.5) is 5.69 Å². The summed E-state index contributed by atoms with van der Waals surface area (Å²) in [6.07, 6.45) is 0.323. The van der Waals surface area contributed by atoms with Crippen molar-refractivity contribution >= 4 is 11.6 Å². The van der Waals surface area contributed by atoms with Gasteiger partial charge in [0.1, 0.15) is 6.07 Å². The Bertz CT molecular complexity index is 515. The molecular formula is C16H23N3O2. The number of anilines is 1. The third-order valence-corrected chi connectivity index (χ3v) is 3.03. The van der Waals surface area contributed by atoms with E-state index in [0.29, 0.717) is 30.8 Å². The van der Waals surface area contributed by atoms with Crippen LogP contribution in [0.2, 0.25) is 0 Å². The van der Waals surface area contributed by atoms with Gasteiger partial charge in [-0.25, -0.2) is 0 Å². The summed E-state index contributed by atoms with van der Waals surface area (Å²) in [6.45, 7) is 7.35. The minimum atomic E-state index is -0.778. The highest BCUT2D eigenvalue weighted by atomic mass is 16.3. The summed E-state index contributed by atoms with van der Waals surface area (Å²) in [5.41, 5.74) is 0.213. The number of hydrogen-bond acceptors (Lipinski definition) is 4. The van der Waals surface area contributed by atoms with Gasteiger partial charge >= 0.3 is 0 Å². The summed E-state index contributed by atoms with van der Waals surface area (Å²) in [7, 11) is 0. The van der Waals surface area contributed by atoms with Gasteiger partial charge in [0.2, 0.25) is 5.91 Å². The monoisotopic (exact) mass is 289 g/mol. The maximum atomic E-state index is 12.0. The van der Waals surface area contributed by atoms with Crippen LogP contribution in [0.3, 0.4) is 0 Å². The Morgan fingerprint density at radius 1 is 1.43 bits per heavy atom. The number of hydrogen-bond donors (Lipinski definition) is 2. The smallest absolute Gasteiger partial charge is 0.225 e. The molecule has 0 spiro atoms. The highest BCUT2D eigenvalue weighted by molar-refractivity contribution is 5.92. The number of carbonyl (C=O) groups is 1. The van der Waals surface area contributed by atoms with Crippen LogP contribution in [-0.4, -0.2) is 41.1 Å². The molecule has 1 aromatic rings. The topological polar surface area (TPSA) is 76.4 Å². The average Bonchev–Trinajstić information content (AvgIpc) is 2.42. The highest BCUT2D eigenvalue weighted by Gasteiger charge is 2.17. The van der Waals surface area contributed by atoms with E-state index < -0.39 is 5.60 Å². The number of nitriles is 1. The summed E-state index contributed by atoms with van der Waals surface area (Å²) in [6, 6.07) is 8.97. The van der Waals surface area contributed by atoms with Crippen LogP contribution in [0.25, 0.3) is 0 Å². The molecule has 2 N–H and O–H groups in total. The maximum Gasteiger partial charge on any atom is 0.225 e. The number of aliphatic hydroxyl groups is 1. The van der Waals surface area contributed by atoms with Crippen LogP contribution in [0.1, 0.15) is 32.8 Å². The number of carbonyl (C=O) groups excluding carboxylic acids is 1. The standard InChI is InChI=1S/C16H23N3O2/c1-4-19(12-16(2,3)21)10-9-15(20)18-14-8-6-5-7-13(14)11-17/h5-8,21H,4,9-10,12H2,1-3H3,(H,18,20). The lowest BCUT2D eigenvalue weighted by Crippen LogP contribution is -2.39. The van der Waals surface area contributed by atoms with Crippen molar-refractivity contribution in [3.63, 3.8) is 0 Å². The molecule has 0 fully saturated rings. The van der Waals surface area contributed by atoms with Crippen molar-refractivity contribution in [1.29, 1.82) is 5.26 Å². The van der Waals surface area contributed by atoms with Gasteiger partial charge in [-0.3, -0.25) is 4.79 Å². The first-order chi connectivity index (χ1) is 9.85. The van der Waals surface area contributed by atoms with Gasteiger partial charge in [0.15, 0.2) is 0 Å². The fraction of sp³-hybridized carbons (Fsp3) is 0.500. The van der Waals surface area contributed by atoms with Gasteiger partial charge in [0.25, 0.3) is 0 Å². The molecule has 0 radical (unpaired) electrons. The molecule has 0 aromatic heterocycles. The summed E-state index contributed by atoms with van der Waals surface area (Å²) in [5, 5.41) is 21.5. The van der Waals surface area contributed by atoms with Crippen LogP contribution in [0.15, 0.2) is 24.3 Å². The molecule has 1 aromatic carbocycles. The van der Waals surface area contributed by atoms with Gasteiger partial charge in [-0.05, 0) is 32.5 Å². The molecule has 0 saturated carbocycles. The molecule has 114 valence electrons. The van der Waals surface area contributed by atoms with Crippen molar-refractivity contribution in [1.82, 2.24) is 4.90 Å². The van der Waals surface area contributed by atoms with Gasteiger partial charge in [0, 0.05) is 19.5 Å². The zero-order chi connectivity index (χ0) is 15.9. The van der Waals surface area contributed by atoms with Gasteiger partial charge in [-0.1, -0.05) is 19.1 Å². The Morgan fingerprint density at radius 2 is 2.10 bits per heavy atom. The first-order valence-electron chi connectivity index (χ1n) is 7.09. The van der Waals surface area contributed by atoms with E-state index in [1.807, 2.05) is 17.9 Å². The molecule has 0 aliphatic rings. The molecule has 0 bridgehead atoms. The minimum absolute atomic E-state index is 0.133. The molecule has 1 amide bonds. The maximum absolute atomic E-state index is 12.0. The lowest BCUT2D eigenvalue weighted by molar-refractivity contribution is -0.116. The van der Waals surface area contributed by atoms with Crippen LogP contribution in [0, 0.1) is 11.3 Å². The first-order valence-corrected chi connectivity index (χ1v) is 7.09. The van der Waals surface area contributed by atoms with E-state index in [1.165, 1.54) is 0 Å². The van der Waals surface area contributed by atoms with E-state index in [0.717, 1.165) is 6.54 Å². The van der Waals surface area contributed by atoms with Gasteiger partial charge in [-0.15, -0.1) is 0 Å². The number of amides is 1. The van der Waals surface area contributed by atoms with Crippen molar-refractivity contribution in [2.24, 2.45) is 0 Å². The molecule has 0 heterocycles. The average molecular weight is 289 g/mol. The number of rotatable bonds is 7. The quantitative estimate of drug-likeness (QED) is 0.804. The molecule has 5 heteroatoms. The minimum Gasteiger partial charge on any atom is -0.389 e. The number of likely N-dealkylation sites (N-methyl/N-ethyl adjacent to an activating group) is 1. The Morgan fingerprint density at radius 3 is 2.67 bits per heavy atom. The predicted molar refractivity (Wildman–Crippen MR) is 82.8 cm³/mol. The molecule has 0 saturated heterocycles. The number of nitrogens with one attached hydrogen (secondary N) is 1. The van der Waals surface area contributed by atoms with Crippen LogP contribution >= 0.6 is 0 Å². The van der Waals surface area contributed by atoms with Crippen molar-refractivity contribution in [2.45, 2.75) is 32.8 Å². The zero-order valence-electron chi connectivity index (χ0n) is 12.9. The van der Waals surface area contributed by atoms with E-state index in [2.05, 4.69) is 5.32 Å². The van der Waals surface area contributed by atoms with E-state index in [1.54, 1.807) is 38.1 Å². The molecular weight excluding hydrogens is 266 g/mol. The van der Waals surface area contributed by atoms with Gasteiger partial charge in [0.05, 0.1) is 16.9 Å². The highest BCUT2D eigenvalue weighted by Crippen LogP contribution is 2.14. The normalized spacial score (nSPS) is 11.2. The van der Waals surface area contributed by atoms with Gasteiger partial charge < -0.3 is 15.3 Å². The van der Waals surface area contributed by atoms with Crippen LogP contribution in [-0.2, 0) is 4.79 Å². The number of para-hydroxylation sites is 1. The molecule has 0 aliphatic heterocycles. The summed E-state index contributed by atoms with van der Waals surface area (Å²) in [5.74, 6) is -0.133. The van der Waals surface area contributed by atoms with Crippen molar-refractivity contribution < 1.29 is 9.90 Å². The molecule has 5 nitrogen and oxygen atoms in total. The fourth-order valence-corrected chi connectivity index (χ4v) is 2.06. The predicted octanol–water partition coefficient (Wildman–Crippen LogP) is 1.98. The van der Waals surface area contributed by atoms with Crippen LogP contribution < -0.4 is 5.32 Å². The second-order valence-corrected chi connectivity index (χ2v) is 5.64. The van der Waals surface area contributed by atoms with E-state index in [-0.39, 0.29) is 5.91 Å². The molecule has 0 unspecified atom stereocenters. The lowest BCUT2D eigenvalue weighted by atomic mass is 10.1. The van der Waals surface area contributed by atoms with Gasteiger partial charge in [-0.2, -0.15) is 5.26 Å². The molecule has 1 rings (SSSR count). The summed E-state index contributed by atoms with van der Waals surface area (Å²) in [4.78, 5) is 14.0. The van der Waals surface area contributed by atoms with E-state index in [9.17, 15) is 9.90 Å². The first kappa shape index (κ1) is 17.2. The SMILES string of the molecule is CCN(CCC(=O)Nc1ccccc1C#N)CC(C)(C)O. The Balaban J connectivity index is 2.52. The summed E-state index contributed by atoms with van der Waals surface area (Å²) >= 11 is 0.